The van der Waals surface area contributed by atoms with Crippen molar-refractivity contribution in [2.75, 3.05) is 6.54 Å². The molecule has 4 fully saturated rings. The number of allylic oxidation sites excluding steroid dienone is 2. The van der Waals surface area contributed by atoms with E-state index in [0.29, 0.717) is 29.4 Å². The lowest BCUT2D eigenvalue weighted by atomic mass is 9.56. The molecule has 3 nitrogen and oxygen atoms in total. The molecule has 38 heavy (non-hydrogen) atoms. The number of likely N-dealkylation sites (tertiary alicyclic amines) is 1. The maximum atomic E-state index is 10.3. The molecule has 0 amide bonds. The minimum absolute atomic E-state index is 0.00380. The van der Waals surface area contributed by atoms with Gasteiger partial charge in [0.05, 0.1) is 17.8 Å². The van der Waals surface area contributed by atoms with E-state index in [-0.39, 0.29) is 11.7 Å². The second kappa shape index (κ2) is 9.32. The molecule has 1 spiro atoms. The Balaban J connectivity index is 1.16. The van der Waals surface area contributed by atoms with Crippen molar-refractivity contribution in [2.45, 2.75) is 116 Å². The number of hydrogen-bond donors (Lipinski definition) is 1. The van der Waals surface area contributed by atoms with Gasteiger partial charge in [-0.1, -0.05) is 73.9 Å². The fourth-order valence-electron chi connectivity index (χ4n) is 10.7. The topological polar surface area (TPSA) is 32.7 Å². The summed E-state index contributed by atoms with van der Waals surface area (Å²) in [4.78, 5) is 2.78. The number of ether oxygens (including phenoxy) is 1. The van der Waals surface area contributed by atoms with E-state index in [0.717, 1.165) is 37.1 Å². The maximum Gasteiger partial charge on any atom is 0.0765 e. The van der Waals surface area contributed by atoms with Crippen molar-refractivity contribution in [1.82, 2.24) is 4.90 Å². The van der Waals surface area contributed by atoms with E-state index >= 15 is 0 Å². The minimum atomic E-state index is -0.212. The van der Waals surface area contributed by atoms with E-state index in [9.17, 15) is 5.11 Å². The first kappa shape index (κ1) is 25.5. The van der Waals surface area contributed by atoms with Crippen LogP contribution < -0.4 is 0 Å². The molecular formula is C35H49NO2. The average Bonchev–Trinajstić information content (AvgIpc) is 3.35. The highest BCUT2D eigenvalue weighted by molar-refractivity contribution is 5.33. The summed E-state index contributed by atoms with van der Waals surface area (Å²) in [5.41, 5.74) is 6.80. The van der Waals surface area contributed by atoms with Crippen LogP contribution in [0.1, 0.15) is 91.0 Å². The first-order valence-corrected chi connectivity index (χ1v) is 15.8. The molecule has 2 saturated heterocycles. The molecule has 3 heteroatoms. The van der Waals surface area contributed by atoms with E-state index in [2.05, 4.69) is 69.0 Å². The molecule has 2 aliphatic heterocycles. The van der Waals surface area contributed by atoms with Gasteiger partial charge in [-0.3, -0.25) is 4.90 Å². The maximum absolute atomic E-state index is 10.3. The monoisotopic (exact) mass is 515 g/mol. The zero-order chi connectivity index (χ0) is 26.2. The largest absolute Gasteiger partial charge is 0.389 e. The van der Waals surface area contributed by atoms with Gasteiger partial charge in [0.25, 0.3) is 0 Å². The number of hydrogen-bond acceptors (Lipinski definition) is 3. The lowest BCUT2D eigenvalue weighted by molar-refractivity contribution is -0.0799. The van der Waals surface area contributed by atoms with Crippen molar-refractivity contribution >= 4 is 0 Å². The highest BCUT2D eigenvalue weighted by Gasteiger charge is 2.59. The number of fused-ring (bicyclic) bond motifs is 6. The summed E-state index contributed by atoms with van der Waals surface area (Å²) >= 11 is 0. The normalized spacial score (nSPS) is 46.7. The Hall–Kier alpha value is -1.42. The first-order chi connectivity index (χ1) is 18.3. The van der Waals surface area contributed by atoms with Gasteiger partial charge >= 0.3 is 0 Å². The van der Waals surface area contributed by atoms with Crippen LogP contribution in [-0.2, 0) is 11.3 Å². The van der Waals surface area contributed by atoms with Crippen molar-refractivity contribution < 1.29 is 9.84 Å². The molecule has 1 N–H and O–H groups in total. The zero-order valence-electron chi connectivity index (χ0n) is 24.2. The van der Waals surface area contributed by atoms with E-state index in [1.165, 1.54) is 57.1 Å². The predicted octanol–water partition coefficient (Wildman–Crippen LogP) is 7.30. The summed E-state index contributed by atoms with van der Waals surface area (Å²) in [6.45, 7) is 12.2. The molecule has 2 heterocycles. The Kier molecular flexibility index (Phi) is 6.26. The Bertz CT molecular complexity index is 1120. The molecule has 1 unspecified atom stereocenters. The number of nitrogens with zero attached hydrogens (tertiary/aromatic N) is 1. The van der Waals surface area contributed by atoms with Crippen LogP contribution in [0.25, 0.3) is 0 Å². The molecule has 6 aliphatic rings. The van der Waals surface area contributed by atoms with Gasteiger partial charge in [-0.15, -0.1) is 0 Å². The molecule has 10 atom stereocenters. The number of aliphatic hydroxyl groups excluding tert-OH is 1. The van der Waals surface area contributed by atoms with Crippen molar-refractivity contribution in [1.29, 1.82) is 0 Å². The number of aliphatic hydroxyl groups is 1. The summed E-state index contributed by atoms with van der Waals surface area (Å²) in [6, 6.07) is 11.6. The second-order valence-corrected chi connectivity index (χ2v) is 14.6. The van der Waals surface area contributed by atoms with Gasteiger partial charge in [-0.05, 0) is 99.4 Å². The highest BCUT2D eigenvalue weighted by Crippen LogP contribution is 2.64. The quantitative estimate of drug-likeness (QED) is 0.419. The van der Waals surface area contributed by atoms with Crippen LogP contribution >= 0.6 is 0 Å². The number of benzene rings is 1. The van der Waals surface area contributed by atoms with Crippen molar-refractivity contribution in [3.63, 3.8) is 0 Å². The SMILES string of the molecule is CC1=C2C[C@H]3[C@@H](CCC4=C[C@@H](O)CC[C@@]43C)[C@@H]2CCC2(C1)O[C@@H]1C[C@H](C)CN(Cc3ccccc3)[C@H]1[C@H]2C. The Morgan fingerprint density at radius 2 is 1.89 bits per heavy atom. The minimum Gasteiger partial charge on any atom is -0.389 e. The molecule has 7 rings (SSSR count). The van der Waals surface area contributed by atoms with Gasteiger partial charge in [-0.2, -0.15) is 0 Å². The molecule has 1 aromatic carbocycles. The third-order valence-electron chi connectivity index (χ3n) is 12.5. The van der Waals surface area contributed by atoms with Crippen LogP contribution in [0.3, 0.4) is 0 Å². The third-order valence-corrected chi connectivity index (χ3v) is 12.5. The van der Waals surface area contributed by atoms with Gasteiger partial charge < -0.3 is 9.84 Å². The van der Waals surface area contributed by atoms with Gasteiger partial charge in [0, 0.05) is 25.0 Å². The zero-order valence-corrected chi connectivity index (χ0v) is 24.2. The summed E-state index contributed by atoms with van der Waals surface area (Å²) in [5, 5.41) is 10.3. The van der Waals surface area contributed by atoms with Crippen LogP contribution in [0.15, 0.2) is 53.1 Å². The fourth-order valence-corrected chi connectivity index (χ4v) is 10.7. The van der Waals surface area contributed by atoms with Gasteiger partial charge in [0.15, 0.2) is 0 Å². The van der Waals surface area contributed by atoms with Crippen molar-refractivity contribution in [2.24, 2.45) is 35.0 Å². The third kappa shape index (κ3) is 3.93. The van der Waals surface area contributed by atoms with E-state index in [4.69, 9.17) is 4.74 Å². The van der Waals surface area contributed by atoms with Crippen LogP contribution in [0.2, 0.25) is 0 Å². The summed E-state index contributed by atoms with van der Waals surface area (Å²) in [7, 11) is 0. The Morgan fingerprint density at radius 1 is 1.08 bits per heavy atom. The Labute approximate surface area is 230 Å². The molecule has 2 saturated carbocycles. The molecule has 0 radical (unpaired) electrons. The van der Waals surface area contributed by atoms with Crippen molar-refractivity contribution in [3.8, 4) is 0 Å². The molecule has 1 aromatic rings. The smallest absolute Gasteiger partial charge is 0.0765 e. The van der Waals surface area contributed by atoms with Gasteiger partial charge in [0.1, 0.15) is 0 Å². The van der Waals surface area contributed by atoms with E-state index in [1.807, 2.05) is 5.57 Å². The van der Waals surface area contributed by atoms with E-state index in [1.54, 1.807) is 11.1 Å². The van der Waals surface area contributed by atoms with Gasteiger partial charge in [0.2, 0.25) is 0 Å². The summed E-state index contributed by atoms with van der Waals surface area (Å²) in [5.74, 6) is 3.59. The second-order valence-electron chi connectivity index (χ2n) is 14.6. The summed E-state index contributed by atoms with van der Waals surface area (Å²) < 4.78 is 7.30. The molecular weight excluding hydrogens is 466 g/mol. The molecule has 0 bridgehead atoms. The van der Waals surface area contributed by atoms with Crippen LogP contribution in [0.4, 0.5) is 0 Å². The molecule has 0 aromatic heterocycles. The first-order valence-electron chi connectivity index (χ1n) is 15.8. The number of rotatable bonds is 2. The highest BCUT2D eigenvalue weighted by atomic mass is 16.5. The molecule has 206 valence electrons. The van der Waals surface area contributed by atoms with E-state index < -0.39 is 0 Å². The predicted molar refractivity (Wildman–Crippen MR) is 153 cm³/mol. The Morgan fingerprint density at radius 3 is 2.71 bits per heavy atom. The van der Waals surface area contributed by atoms with Crippen LogP contribution in [0, 0.1) is 35.0 Å². The standard InChI is InChI=1S/C35H49NO2/c1-22-16-32-33(36(20-22)21-25-8-6-5-7-9-25)24(3)35(38-32)15-13-28-29-11-10-26-17-27(37)12-14-34(26,4)31(29)18-30(28)23(2)19-35/h5-9,17,22,24,27-29,31-33,37H,10-16,18-21H2,1-4H3/t22-,24+,27-,28-,29-,31-,32+,33-,34-,35?/m0/s1. The van der Waals surface area contributed by atoms with Crippen LogP contribution in [-0.4, -0.2) is 40.4 Å². The average molecular weight is 516 g/mol. The number of piperidine rings is 1. The molecule has 4 aliphatic carbocycles. The lowest BCUT2D eigenvalue weighted by Crippen LogP contribution is -2.51. The van der Waals surface area contributed by atoms with Crippen LogP contribution in [0.5, 0.6) is 0 Å². The summed E-state index contributed by atoms with van der Waals surface area (Å²) in [6.07, 6.45) is 13.2. The van der Waals surface area contributed by atoms with Crippen molar-refractivity contribution in [3.05, 3.63) is 58.7 Å². The fraction of sp³-hybridized carbons (Fsp3) is 0.714. The van der Waals surface area contributed by atoms with Gasteiger partial charge in [-0.25, -0.2) is 0 Å². The lowest BCUT2D eigenvalue weighted by Gasteiger charge is -2.49.